The van der Waals surface area contributed by atoms with Gasteiger partial charge in [-0.3, -0.25) is 9.59 Å². The van der Waals surface area contributed by atoms with Crippen molar-refractivity contribution in [1.82, 2.24) is 9.80 Å². The number of aliphatic hydroxyl groups excluding tert-OH is 1. The zero-order valence-electron chi connectivity index (χ0n) is 24.1. The number of rotatable bonds is 4. The molecule has 0 radical (unpaired) electrons. The van der Waals surface area contributed by atoms with Crippen LogP contribution >= 0.6 is 0 Å². The van der Waals surface area contributed by atoms with E-state index in [1.807, 2.05) is 39.5 Å². The Hall–Kier alpha value is -1.63. The van der Waals surface area contributed by atoms with Crippen LogP contribution in [0.25, 0.3) is 0 Å². The molecule has 3 unspecified atom stereocenters. The molecule has 2 N–H and O–H groups in total. The van der Waals surface area contributed by atoms with Gasteiger partial charge in [-0.2, -0.15) is 0 Å². The number of aliphatic hydroxyl groups is 1. The number of carbonyl (C=O) groups is 3. The third kappa shape index (κ3) is 4.30. The predicted molar refractivity (Wildman–Crippen MR) is 147 cm³/mol. The van der Waals surface area contributed by atoms with Gasteiger partial charge in [-0.1, -0.05) is 62.8 Å². The van der Waals surface area contributed by atoms with Crippen molar-refractivity contribution in [3.05, 3.63) is 0 Å². The quantitative estimate of drug-likeness (QED) is 0.555. The highest BCUT2D eigenvalue weighted by molar-refractivity contribution is 5.87. The van der Waals surface area contributed by atoms with Crippen LogP contribution in [0.3, 0.4) is 0 Å². The second-order valence-corrected chi connectivity index (χ2v) is 15.4. The second-order valence-electron chi connectivity index (χ2n) is 15.4. The number of carbonyl (C=O) groups excluding carboxylic acids is 2. The summed E-state index contributed by atoms with van der Waals surface area (Å²) in [6.07, 6.45) is 5.00. The average molecular weight is 533 g/mol. The van der Waals surface area contributed by atoms with Crippen molar-refractivity contribution < 1.29 is 24.6 Å². The molecule has 2 heterocycles. The van der Waals surface area contributed by atoms with Gasteiger partial charge in [0.25, 0.3) is 0 Å². The largest absolute Gasteiger partial charge is 0.480 e. The molecule has 0 aromatic rings. The minimum atomic E-state index is -0.814. The summed E-state index contributed by atoms with van der Waals surface area (Å²) in [5, 5.41) is 19.1. The molecule has 2 amide bonds. The number of amides is 2. The lowest BCUT2D eigenvalue weighted by atomic mass is 9.81. The maximum Gasteiger partial charge on any atom is 0.326 e. The van der Waals surface area contributed by atoms with E-state index in [2.05, 4.69) is 20.8 Å². The Kier molecular flexibility index (Phi) is 6.90. The summed E-state index contributed by atoms with van der Waals surface area (Å²) in [4.78, 5) is 40.3. The molecule has 216 valence electrons. The lowest BCUT2D eigenvalue weighted by molar-refractivity contribution is -0.153. The van der Waals surface area contributed by atoms with Crippen LogP contribution in [-0.2, 0) is 14.4 Å². The molecule has 4 aliphatic carbocycles. The first-order valence-electron chi connectivity index (χ1n) is 14.5. The van der Waals surface area contributed by atoms with Crippen LogP contribution in [-0.4, -0.2) is 69.6 Å². The number of fused-ring (bicyclic) bond motifs is 6. The number of piperidine rings is 2. The summed E-state index contributed by atoms with van der Waals surface area (Å²) in [5.74, 6) is 1.34. The Morgan fingerprint density at radius 3 is 1.58 bits per heavy atom. The van der Waals surface area contributed by atoms with E-state index < -0.39 is 12.0 Å². The molecule has 2 spiro atoms. The fourth-order valence-corrected chi connectivity index (χ4v) is 7.98. The SMILES string of the molecule is C.C[C@H](C(=O)N1CC2[C@@H](C1C(=O)O)C21CC1)C(C)(C)C.C[C@H](C(=O)N1CC2[C@@H]([C@H]1CO)C21CC1)C(C)(C)C. The molecule has 2 aliphatic heterocycles. The standard InChI is InChI=1S/C15H23NO3.C15H25NO2.CH4/c1-8(14(2,3)4)12(17)16-7-9-10(11(16)13(18)19)15(9)5-6-15;1-9(14(2,3)4)13(18)16-7-10-12(11(16)8-17)15(10)5-6-15;/h8-11H,5-7H2,1-4H3,(H,18,19);9-12,17H,5-8H2,1-4H3;1H4/t8-,9?,10+,11?;9-,10?,11-,12+;/m11./s1. The molecule has 2 saturated heterocycles. The molecule has 8 atom stereocenters. The summed E-state index contributed by atoms with van der Waals surface area (Å²) in [5.41, 5.74) is 0.769. The van der Waals surface area contributed by atoms with E-state index in [9.17, 15) is 24.6 Å². The first kappa shape index (κ1) is 29.4. The Labute approximate surface area is 229 Å². The van der Waals surface area contributed by atoms with E-state index >= 15 is 0 Å². The zero-order chi connectivity index (χ0) is 27.5. The van der Waals surface area contributed by atoms with Crippen LogP contribution in [0.2, 0.25) is 0 Å². The number of likely N-dealkylation sites (tertiary alicyclic amines) is 2. The molecular weight excluding hydrogens is 480 g/mol. The monoisotopic (exact) mass is 532 g/mol. The smallest absolute Gasteiger partial charge is 0.326 e. The highest BCUT2D eigenvalue weighted by Crippen LogP contribution is 2.79. The van der Waals surface area contributed by atoms with Crippen LogP contribution < -0.4 is 0 Å². The molecule has 0 aromatic carbocycles. The highest BCUT2D eigenvalue weighted by Gasteiger charge is 2.79. The van der Waals surface area contributed by atoms with Crippen molar-refractivity contribution in [2.24, 2.45) is 57.2 Å². The molecule has 6 fully saturated rings. The van der Waals surface area contributed by atoms with Gasteiger partial charge < -0.3 is 20.0 Å². The molecule has 6 rings (SSSR count). The normalized spacial score (nSPS) is 35.8. The lowest BCUT2D eigenvalue weighted by Gasteiger charge is -2.35. The average Bonchev–Trinajstić information content (AvgIpc) is 3.79. The number of carboxylic acids is 1. The minimum Gasteiger partial charge on any atom is -0.480 e. The van der Waals surface area contributed by atoms with E-state index in [0.717, 1.165) is 6.54 Å². The lowest BCUT2D eigenvalue weighted by Crippen LogP contribution is -2.48. The maximum atomic E-state index is 12.6. The summed E-state index contributed by atoms with van der Waals surface area (Å²) in [7, 11) is 0. The zero-order valence-corrected chi connectivity index (χ0v) is 24.1. The number of nitrogens with zero attached hydrogens (tertiary/aromatic N) is 2. The van der Waals surface area contributed by atoms with E-state index in [1.165, 1.54) is 25.7 Å². The van der Waals surface area contributed by atoms with Gasteiger partial charge in [-0.25, -0.2) is 4.79 Å². The first-order chi connectivity index (χ1) is 17.0. The van der Waals surface area contributed by atoms with Gasteiger partial charge in [-0.05, 0) is 65.1 Å². The first-order valence-corrected chi connectivity index (χ1v) is 14.5. The molecule has 0 aromatic heterocycles. The molecule has 7 heteroatoms. The van der Waals surface area contributed by atoms with Crippen molar-refractivity contribution in [3.8, 4) is 0 Å². The van der Waals surface area contributed by atoms with E-state index in [0.29, 0.717) is 35.1 Å². The van der Waals surface area contributed by atoms with Crippen molar-refractivity contribution in [2.75, 3.05) is 19.7 Å². The fourth-order valence-electron chi connectivity index (χ4n) is 7.98. The van der Waals surface area contributed by atoms with E-state index in [1.54, 1.807) is 4.90 Å². The van der Waals surface area contributed by atoms with Gasteiger partial charge in [-0.15, -0.1) is 0 Å². The van der Waals surface area contributed by atoms with E-state index in [-0.39, 0.29) is 60.5 Å². The molecule has 7 nitrogen and oxygen atoms in total. The van der Waals surface area contributed by atoms with Gasteiger partial charge in [0.2, 0.25) is 11.8 Å². The summed E-state index contributed by atoms with van der Waals surface area (Å²) in [6, 6.07) is -0.459. The molecule has 0 bridgehead atoms. The van der Waals surface area contributed by atoms with Crippen LogP contribution in [0.1, 0.15) is 88.5 Å². The van der Waals surface area contributed by atoms with Gasteiger partial charge >= 0.3 is 5.97 Å². The van der Waals surface area contributed by atoms with Crippen molar-refractivity contribution in [1.29, 1.82) is 0 Å². The summed E-state index contributed by atoms with van der Waals surface area (Å²) in [6.45, 7) is 18.1. The van der Waals surface area contributed by atoms with E-state index in [4.69, 9.17) is 0 Å². The Morgan fingerprint density at radius 2 is 1.18 bits per heavy atom. The summed E-state index contributed by atoms with van der Waals surface area (Å²) < 4.78 is 0. The van der Waals surface area contributed by atoms with Crippen LogP contribution in [0.4, 0.5) is 0 Å². The Morgan fingerprint density at radius 1 is 0.789 bits per heavy atom. The predicted octanol–water partition coefficient (Wildman–Crippen LogP) is 4.52. The number of carboxylic acid groups (broad SMARTS) is 1. The van der Waals surface area contributed by atoms with Crippen LogP contribution in [0.15, 0.2) is 0 Å². The van der Waals surface area contributed by atoms with Crippen molar-refractivity contribution >= 4 is 17.8 Å². The van der Waals surface area contributed by atoms with Gasteiger partial charge in [0.15, 0.2) is 0 Å². The second kappa shape index (κ2) is 8.94. The van der Waals surface area contributed by atoms with Crippen molar-refractivity contribution in [2.45, 2.75) is 101 Å². The molecular formula is C31H52N2O5. The Balaban J connectivity index is 0.000000173. The third-order valence-corrected chi connectivity index (χ3v) is 11.7. The van der Waals surface area contributed by atoms with Crippen LogP contribution in [0.5, 0.6) is 0 Å². The highest BCUT2D eigenvalue weighted by atomic mass is 16.4. The van der Waals surface area contributed by atoms with Crippen molar-refractivity contribution in [3.63, 3.8) is 0 Å². The topological polar surface area (TPSA) is 98.2 Å². The third-order valence-electron chi connectivity index (χ3n) is 11.7. The van der Waals surface area contributed by atoms with Gasteiger partial charge in [0.1, 0.15) is 6.04 Å². The molecule has 38 heavy (non-hydrogen) atoms. The molecule has 6 aliphatic rings. The Bertz CT molecular complexity index is 985. The number of aliphatic carboxylic acids is 1. The van der Waals surface area contributed by atoms with Gasteiger partial charge in [0.05, 0.1) is 12.6 Å². The number of hydrogen-bond donors (Lipinski definition) is 2. The fraction of sp³-hybridized carbons (Fsp3) is 0.903. The van der Waals surface area contributed by atoms with Gasteiger partial charge in [0, 0.05) is 30.8 Å². The molecule has 4 saturated carbocycles. The summed E-state index contributed by atoms with van der Waals surface area (Å²) >= 11 is 0. The number of hydrogen-bond acceptors (Lipinski definition) is 4. The minimum absolute atomic E-state index is 0. The van der Waals surface area contributed by atoms with Crippen LogP contribution in [0, 0.1) is 57.2 Å². The maximum absolute atomic E-state index is 12.6.